The Morgan fingerprint density at radius 1 is 1.30 bits per heavy atom. The third kappa shape index (κ3) is 1.98. The van der Waals surface area contributed by atoms with Gasteiger partial charge in [0.05, 0.1) is 6.10 Å². The van der Waals surface area contributed by atoms with Gasteiger partial charge in [-0.3, -0.25) is 0 Å². The first-order chi connectivity index (χ1) is 4.70. The maximum Gasteiger partial charge on any atom is 0.0547 e. The normalized spacial score (nSPS) is 34.8. The summed E-state index contributed by atoms with van der Waals surface area (Å²) in [6.07, 6.45) is 3.12. The lowest BCUT2D eigenvalue weighted by atomic mass is 9.89. The van der Waals surface area contributed by atoms with E-state index in [9.17, 15) is 0 Å². The van der Waals surface area contributed by atoms with E-state index >= 15 is 0 Å². The van der Waals surface area contributed by atoms with Gasteiger partial charge in [-0.25, -0.2) is 0 Å². The summed E-state index contributed by atoms with van der Waals surface area (Å²) in [5, 5.41) is 0. The van der Waals surface area contributed by atoms with Crippen LogP contribution < -0.4 is 0 Å². The Morgan fingerprint density at radius 2 is 2.00 bits per heavy atom. The molecule has 0 aromatic heterocycles. The molecule has 1 aliphatic heterocycles. The van der Waals surface area contributed by atoms with Gasteiger partial charge in [-0.1, -0.05) is 13.8 Å². The Bertz CT molecular complexity index is 90.9. The largest absolute Gasteiger partial charge is 0.378 e. The van der Waals surface area contributed by atoms with Gasteiger partial charge in [0, 0.05) is 6.61 Å². The van der Waals surface area contributed by atoms with Gasteiger partial charge in [0.15, 0.2) is 0 Å². The molecule has 60 valence electrons. The highest BCUT2D eigenvalue weighted by Crippen LogP contribution is 2.24. The molecule has 1 aliphatic rings. The van der Waals surface area contributed by atoms with Crippen LogP contribution >= 0.6 is 0 Å². The third-order valence-corrected chi connectivity index (χ3v) is 2.48. The molecule has 1 heteroatoms. The Kier molecular flexibility index (Phi) is 2.72. The number of rotatable bonds is 1. The third-order valence-electron chi connectivity index (χ3n) is 2.48. The van der Waals surface area contributed by atoms with Crippen molar-refractivity contribution in [2.75, 3.05) is 6.61 Å². The van der Waals surface area contributed by atoms with Gasteiger partial charge in [-0.05, 0) is 31.6 Å². The number of ether oxygens (including phenoxy) is 1. The average Bonchev–Trinajstić information content (AvgIpc) is 1.88. The molecule has 0 aromatic carbocycles. The molecule has 0 aliphatic carbocycles. The van der Waals surface area contributed by atoms with Gasteiger partial charge in [0.25, 0.3) is 0 Å². The van der Waals surface area contributed by atoms with Crippen molar-refractivity contribution in [3.63, 3.8) is 0 Å². The van der Waals surface area contributed by atoms with Crippen LogP contribution in [0, 0.1) is 11.8 Å². The predicted molar refractivity (Wildman–Crippen MR) is 43.0 cm³/mol. The van der Waals surface area contributed by atoms with Gasteiger partial charge in [0.1, 0.15) is 0 Å². The molecule has 1 heterocycles. The first kappa shape index (κ1) is 8.06. The lowest BCUT2D eigenvalue weighted by Crippen LogP contribution is -2.26. The lowest BCUT2D eigenvalue weighted by Gasteiger charge is -2.29. The Hall–Kier alpha value is -0.0400. The van der Waals surface area contributed by atoms with Crippen LogP contribution in [0.2, 0.25) is 0 Å². The Labute approximate surface area is 63.8 Å². The van der Waals surface area contributed by atoms with E-state index in [1.165, 1.54) is 12.8 Å². The van der Waals surface area contributed by atoms with Crippen LogP contribution in [-0.2, 0) is 4.74 Å². The van der Waals surface area contributed by atoms with Gasteiger partial charge < -0.3 is 4.74 Å². The smallest absolute Gasteiger partial charge is 0.0547 e. The molecule has 1 saturated heterocycles. The van der Waals surface area contributed by atoms with Crippen molar-refractivity contribution < 1.29 is 4.74 Å². The lowest BCUT2D eigenvalue weighted by molar-refractivity contribution is -0.0176. The van der Waals surface area contributed by atoms with Gasteiger partial charge >= 0.3 is 0 Å². The Morgan fingerprint density at radius 3 is 2.40 bits per heavy atom. The highest BCUT2D eigenvalue weighted by atomic mass is 16.5. The highest BCUT2D eigenvalue weighted by Gasteiger charge is 2.20. The summed E-state index contributed by atoms with van der Waals surface area (Å²) in [6.45, 7) is 7.71. The zero-order valence-electron chi connectivity index (χ0n) is 7.26. The van der Waals surface area contributed by atoms with Crippen LogP contribution in [0.25, 0.3) is 0 Å². The first-order valence-corrected chi connectivity index (χ1v) is 4.31. The van der Waals surface area contributed by atoms with E-state index in [0.29, 0.717) is 6.10 Å². The fourth-order valence-electron chi connectivity index (χ4n) is 1.43. The zero-order valence-corrected chi connectivity index (χ0v) is 7.26. The fourth-order valence-corrected chi connectivity index (χ4v) is 1.43. The van der Waals surface area contributed by atoms with E-state index in [1.807, 2.05) is 0 Å². The van der Waals surface area contributed by atoms with Crippen LogP contribution in [0.15, 0.2) is 0 Å². The molecule has 0 saturated carbocycles. The molecule has 0 radical (unpaired) electrons. The first-order valence-electron chi connectivity index (χ1n) is 4.31. The maximum atomic E-state index is 5.55. The summed E-state index contributed by atoms with van der Waals surface area (Å²) >= 11 is 0. The van der Waals surface area contributed by atoms with Crippen molar-refractivity contribution >= 4 is 0 Å². The molecule has 10 heavy (non-hydrogen) atoms. The van der Waals surface area contributed by atoms with Gasteiger partial charge in [-0.15, -0.1) is 0 Å². The van der Waals surface area contributed by atoms with Crippen LogP contribution in [0.1, 0.15) is 33.6 Å². The van der Waals surface area contributed by atoms with Crippen LogP contribution in [0.5, 0.6) is 0 Å². The molecule has 1 unspecified atom stereocenters. The summed E-state index contributed by atoms with van der Waals surface area (Å²) in [5.41, 5.74) is 0. The molecule has 0 N–H and O–H groups in total. The summed E-state index contributed by atoms with van der Waals surface area (Å²) in [6, 6.07) is 0. The molecule has 0 aromatic rings. The van der Waals surface area contributed by atoms with Gasteiger partial charge in [0.2, 0.25) is 0 Å². The van der Waals surface area contributed by atoms with Crippen molar-refractivity contribution in [1.82, 2.24) is 0 Å². The minimum atomic E-state index is 0.509. The average molecular weight is 142 g/mol. The van der Waals surface area contributed by atoms with Crippen LogP contribution in [0.4, 0.5) is 0 Å². The second kappa shape index (κ2) is 3.38. The van der Waals surface area contributed by atoms with E-state index in [0.717, 1.165) is 18.4 Å². The number of hydrogen-bond acceptors (Lipinski definition) is 1. The molecule has 1 rings (SSSR count). The monoisotopic (exact) mass is 142 g/mol. The summed E-state index contributed by atoms with van der Waals surface area (Å²) in [7, 11) is 0. The minimum Gasteiger partial charge on any atom is -0.378 e. The van der Waals surface area contributed by atoms with Crippen molar-refractivity contribution in [1.29, 1.82) is 0 Å². The molecule has 1 nitrogen and oxygen atoms in total. The fraction of sp³-hybridized carbons (Fsp3) is 1.00. The van der Waals surface area contributed by atoms with E-state index < -0.39 is 0 Å². The zero-order chi connectivity index (χ0) is 7.56. The molecule has 2 atom stereocenters. The maximum absolute atomic E-state index is 5.55. The van der Waals surface area contributed by atoms with Crippen molar-refractivity contribution in [3.05, 3.63) is 0 Å². The highest BCUT2D eigenvalue weighted by molar-refractivity contribution is 4.69. The quantitative estimate of drug-likeness (QED) is 0.546. The minimum absolute atomic E-state index is 0.509. The summed E-state index contributed by atoms with van der Waals surface area (Å²) in [5.74, 6) is 1.61. The van der Waals surface area contributed by atoms with Crippen LogP contribution in [0.3, 0.4) is 0 Å². The van der Waals surface area contributed by atoms with Crippen LogP contribution in [-0.4, -0.2) is 12.7 Å². The predicted octanol–water partition coefficient (Wildman–Crippen LogP) is 2.46. The summed E-state index contributed by atoms with van der Waals surface area (Å²) < 4.78 is 5.55. The molecule has 1 fully saturated rings. The molecule has 0 bridgehead atoms. The molecular formula is C9H18O. The van der Waals surface area contributed by atoms with Crippen molar-refractivity contribution in [3.8, 4) is 0 Å². The van der Waals surface area contributed by atoms with E-state index in [4.69, 9.17) is 4.74 Å². The standard InChI is InChI=1S/C9H18O/c1-7(2)9-5-4-8(3)10-6-9/h7-9H,4-6H2,1-3H3/t8-,9?/m0/s1. The molecular weight excluding hydrogens is 124 g/mol. The number of hydrogen-bond donors (Lipinski definition) is 0. The molecule has 0 spiro atoms. The summed E-state index contributed by atoms with van der Waals surface area (Å²) in [4.78, 5) is 0. The van der Waals surface area contributed by atoms with Crippen molar-refractivity contribution in [2.45, 2.75) is 39.7 Å². The SMILES string of the molecule is CC(C)C1CC[C@H](C)OC1. The van der Waals surface area contributed by atoms with E-state index in [2.05, 4.69) is 20.8 Å². The van der Waals surface area contributed by atoms with E-state index in [1.54, 1.807) is 0 Å². The Balaban J connectivity index is 2.26. The van der Waals surface area contributed by atoms with Crippen molar-refractivity contribution in [2.24, 2.45) is 11.8 Å². The molecule has 0 amide bonds. The topological polar surface area (TPSA) is 9.23 Å². The van der Waals surface area contributed by atoms with E-state index in [-0.39, 0.29) is 0 Å². The second-order valence-electron chi connectivity index (χ2n) is 3.73. The second-order valence-corrected chi connectivity index (χ2v) is 3.73. The van der Waals surface area contributed by atoms with Gasteiger partial charge in [-0.2, -0.15) is 0 Å².